The van der Waals surface area contributed by atoms with Gasteiger partial charge < -0.3 is 19.9 Å². The van der Waals surface area contributed by atoms with E-state index in [0.29, 0.717) is 56.3 Å². The van der Waals surface area contributed by atoms with Gasteiger partial charge in [-0.25, -0.2) is 4.79 Å². The van der Waals surface area contributed by atoms with Crippen LogP contribution >= 0.6 is 11.9 Å². The summed E-state index contributed by atoms with van der Waals surface area (Å²) < 4.78 is 47.9. The lowest BCUT2D eigenvalue weighted by Gasteiger charge is -2.44. The number of amides is 6. The first-order chi connectivity index (χ1) is 27.5. The van der Waals surface area contributed by atoms with Crippen LogP contribution in [0.1, 0.15) is 95.2 Å². The van der Waals surface area contributed by atoms with E-state index in [0.717, 1.165) is 48.1 Å². The summed E-state index contributed by atoms with van der Waals surface area (Å²) in [6.45, 7) is 10.8. The molecule has 2 aromatic rings. The number of hydrogen-bond acceptors (Lipinski definition) is 10. The Hall–Kier alpha value is -4.50. The molecule has 2 aromatic carbocycles. The molecule has 3 aliphatic heterocycles. The van der Waals surface area contributed by atoms with Crippen LogP contribution in [-0.2, 0) is 30.1 Å². The number of nitriles is 1. The van der Waals surface area contributed by atoms with Crippen LogP contribution < -0.4 is 10.6 Å². The van der Waals surface area contributed by atoms with Crippen molar-refractivity contribution in [3.63, 3.8) is 0 Å². The number of carbonyl (C=O) groups excluding carboxylic acids is 5. The standard InChI is InChI=1S/C41H50F3N7O6S/c1-25-22-48(23-26(2)49(25)24-36(53)46-29-8-5-7-27(19-29)33-15-16-35(52)47-37(33)54)17-6-18-57-31-12-10-30(11-13-31)50-39(56)51(38(55)40(50,3)4)58-32-14-9-28(21-45)34(20-32)41(42,43)44/h5,7-9,14,19-20,25-26,30-31,33H,6,10-13,15-18,22-24H2,1-4H3,(H,46,53)(H,47,52,54)/t25-,26+,30?,31?,33?. The van der Waals surface area contributed by atoms with Crippen LogP contribution in [0.25, 0.3) is 0 Å². The zero-order valence-corrected chi connectivity index (χ0v) is 34.0. The molecule has 6 rings (SSSR count). The van der Waals surface area contributed by atoms with Crippen LogP contribution in [0.3, 0.4) is 0 Å². The van der Waals surface area contributed by atoms with Crippen molar-refractivity contribution in [1.29, 1.82) is 5.26 Å². The van der Waals surface area contributed by atoms with Crippen LogP contribution in [-0.4, -0.2) is 111 Å². The summed E-state index contributed by atoms with van der Waals surface area (Å²) in [5.74, 6) is -1.66. The van der Waals surface area contributed by atoms with E-state index in [2.05, 4.69) is 34.3 Å². The molecule has 3 heterocycles. The zero-order chi connectivity index (χ0) is 41.9. The smallest absolute Gasteiger partial charge is 0.378 e. The maximum atomic E-state index is 13.6. The average Bonchev–Trinajstić information content (AvgIpc) is 3.33. The van der Waals surface area contributed by atoms with Gasteiger partial charge in [-0.3, -0.25) is 29.4 Å². The number of halogens is 3. The van der Waals surface area contributed by atoms with Crippen molar-refractivity contribution < 1.29 is 41.9 Å². The number of alkyl halides is 3. The summed E-state index contributed by atoms with van der Waals surface area (Å²) in [5, 5.41) is 14.5. The molecule has 0 bridgehead atoms. The van der Waals surface area contributed by atoms with Crippen molar-refractivity contribution in [3.8, 4) is 6.07 Å². The minimum Gasteiger partial charge on any atom is -0.378 e. The number of urea groups is 1. The molecule has 13 nitrogen and oxygen atoms in total. The number of hydrogen-bond donors (Lipinski definition) is 2. The second-order valence-electron chi connectivity index (χ2n) is 16.2. The van der Waals surface area contributed by atoms with E-state index in [4.69, 9.17) is 10.00 Å². The Balaban J connectivity index is 0.917. The number of anilines is 1. The Morgan fingerprint density at radius 2 is 1.72 bits per heavy atom. The Morgan fingerprint density at radius 3 is 2.38 bits per heavy atom. The number of nitrogens with zero attached hydrogens (tertiary/aromatic N) is 5. The van der Waals surface area contributed by atoms with Crippen molar-refractivity contribution in [3.05, 3.63) is 59.2 Å². The highest BCUT2D eigenvalue weighted by molar-refractivity contribution is 7.98. The van der Waals surface area contributed by atoms with E-state index >= 15 is 0 Å². The first-order valence-corrected chi connectivity index (χ1v) is 20.5. The number of imide groups is 2. The average molecular weight is 826 g/mol. The minimum absolute atomic E-state index is 0.00982. The Morgan fingerprint density at radius 1 is 1.02 bits per heavy atom. The number of benzene rings is 2. The molecule has 2 N–H and O–H groups in total. The molecule has 312 valence electrons. The Bertz CT molecular complexity index is 1940. The molecule has 4 aliphatic rings. The molecule has 0 radical (unpaired) electrons. The summed E-state index contributed by atoms with van der Waals surface area (Å²) in [6, 6.07) is 11.4. The maximum absolute atomic E-state index is 13.6. The quantitative estimate of drug-likeness (QED) is 0.115. The third-order valence-corrected chi connectivity index (χ3v) is 12.6. The summed E-state index contributed by atoms with van der Waals surface area (Å²) >= 11 is 0.636. The second kappa shape index (κ2) is 17.8. The topological polar surface area (TPSA) is 155 Å². The number of rotatable bonds is 12. The van der Waals surface area contributed by atoms with Gasteiger partial charge in [-0.15, -0.1) is 0 Å². The normalized spacial score (nSPS) is 25.8. The van der Waals surface area contributed by atoms with E-state index in [1.807, 2.05) is 6.07 Å². The first-order valence-electron chi connectivity index (χ1n) is 19.8. The number of piperazine rings is 1. The molecule has 58 heavy (non-hydrogen) atoms. The molecular formula is C41H50F3N7O6S. The SMILES string of the molecule is C[C@@H]1CN(CCCOC2CCC(N3C(=O)N(Sc4ccc(C#N)c(C(F)(F)F)c4)C(=O)C3(C)C)CC2)C[C@H](C)N1CC(=O)Nc1cccc(C2CCC(=O)NC2=O)c1. The van der Waals surface area contributed by atoms with Crippen molar-refractivity contribution in [2.24, 2.45) is 0 Å². The lowest BCUT2D eigenvalue weighted by Crippen LogP contribution is -2.58. The predicted molar refractivity (Wildman–Crippen MR) is 209 cm³/mol. The van der Waals surface area contributed by atoms with E-state index < -0.39 is 40.7 Å². The van der Waals surface area contributed by atoms with Gasteiger partial charge in [0.25, 0.3) is 5.91 Å². The molecule has 3 saturated heterocycles. The maximum Gasteiger partial charge on any atom is 0.417 e. The van der Waals surface area contributed by atoms with E-state index in [1.165, 1.54) is 6.07 Å². The largest absolute Gasteiger partial charge is 0.417 e. The Kier molecular flexibility index (Phi) is 13.2. The highest BCUT2D eigenvalue weighted by Gasteiger charge is 2.55. The minimum atomic E-state index is -4.76. The predicted octanol–water partition coefficient (Wildman–Crippen LogP) is 5.90. The fourth-order valence-electron chi connectivity index (χ4n) is 8.67. The van der Waals surface area contributed by atoms with Crippen molar-refractivity contribution in [2.45, 2.75) is 119 Å². The summed E-state index contributed by atoms with van der Waals surface area (Å²) in [4.78, 5) is 70.2. The van der Waals surface area contributed by atoms with Gasteiger partial charge in [0, 0.05) is 61.4 Å². The van der Waals surface area contributed by atoms with Gasteiger partial charge >= 0.3 is 12.2 Å². The van der Waals surface area contributed by atoms with Gasteiger partial charge in [0.15, 0.2) is 0 Å². The molecule has 6 amide bonds. The van der Waals surface area contributed by atoms with Gasteiger partial charge in [0.05, 0.1) is 35.8 Å². The summed E-state index contributed by atoms with van der Waals surface area (Å²) in [6.07, 6.45) is -0.560. The van der Waals surface area contributed by atoms with Gasteiger partial charge in [0.1, 0.15) is 5.54 Å². The van der Waals surface area contributed by atoms with Crippen LogP contribution in [0.5, 0.6) is 0 Å². The van der Waals surface area contributed by atoms with Crippen LogP contribution in [0.2, 0.25) is 0 Å². The molecule has 1 saturated carbocycles. The number of carbonyl (C=O) groups is 5. The van der Waals surface area contributed by atoms with Crippen LogP contribution in [0, 0.1) is 11.3 Å². The molecule has 17 heteroatoms. The Labute approximate surface area is 340 Å². The summed E-state index contributed by atoms with van der Waals surface area (Å²) in [7, 11) is 0. The van der Waals surface area contributed by atoms with E-state index in [1.54, 1.807) is 43.0 Å². The third kappa shape index (κ3) is 9.68. The van der Waals surface area contributed by atoms with Crippen molar-refractivity contribution in [2.75, 3.05) is 38.1 Å². The summed E-state index contributed by atoms with van der Waals surface area (Å²) in [5.41, 5.74) is -1.47. The molecule has 0 aromatic heterocycles. The van der Waals surface area contributed by atoms with Crippen LogP contribution in [0.4, 0.5) is 23.7 Å². The lowest BCUT2D eigenvalue weighted by molar-refractivity contribution is -0.138. The molecule has 1 aliphatic carbocycles. The molecular weight excluding hydrogens is 776 g/mol. The van der Waals surface area contributed by atoms with Gasteiger partial charge in [0.2, 0.25) is 17.7 Å². The van der Waals surface area contributed by atoms with Crippen molar-refractivity contribution >= 4 is 47.3 Å². The number of ether oxygens (including phenoxy) is 1. The molecule has 0 spiro atoms. The second-order valence-corrected chi connectivity index (χ2v) is 17.2. The fraction of sp³-hybridized carbons (Fsp3) is 0.561. The van der Waals surface area contributed by atoms with Gasteiger partial charge in [-0.2, -0.15) is 22.7 Å². The lowest BCUT2D eigenvalue weighted by atomic mass is 9.89. The molecule has 4 fully saturated rings. The van der Waals surface area contributed by atoms with Gasteiger partial charge in [-0.05, 0) is 114 Å². The first kappa shape index (κ1) is 43.1. The molecule has 3 atom stereocenters. The molecule has 1 unspecified atom stereocenters. The monoisotopic (exact) mass is 825 g/mol. The van der Waals surface area contributed by atoms with E-state index in [-0.39, 0.29) is 59.8 Å². The highest BCUT2D eigenvalue weighted by atomic mass is 32.2. The van der Waals surface area contributed by atoms with Crippen molar-refractivity contribution in [1.82, 2.24) is 24.3 Å². The third-order valence-electron chi connectivity index (χ3n) is 11.6. The van der Waals surface area contributed by atoms with E-state index in [9.17, 15) is 37.1 Å². The highest BCUT2D eigenvalue weighted by Crippen LogP contribution is 2.42. The van der Waals surface area contributed by atoms with Gasteiger partial charge in [-0.1, -0.05) is 12.1 Å². The van der Waals surface area contributed by atoms with Crippen LogP contribution in [0.15, 0.2) is 47.4 Å². The number of piperidine rings is 1. The number of nitrogens with one attached hydrogen (secondary N) is 2. The fourth-order valence-corrected chi connectivity index (χ4v) is 9.65. The zero-order valence-electron chi connectivity index (χ0n) is 33.1.